The number of halogens is 2. The van der Waals surface area contributed by atoms with Crippen LogP contribution in [-0.4, -0.2) is 23.9 Å². The van der Waals surface area contributed by atoms with Gasteiger partial charge < -0.3 is 14.2 Å². The molecule has 0 N–H and O–H groups in total. The zero-order valence-electron chi connectivity index (χ0n) is 17.7. The van der Waals surface area contributed by atoms with Gasteiger partial charge in [0.1, 0.15) is 6.61 Å². The Morgan fingerprint density at radius 2 is 1.97 bits per heavy atom. The van der Waals surface area contributed by atoms with E-state index < -0.39 is 10.9 Å². The van der Waals surface area contributed by atoms with E-state index in [1.807, 2.05) is 0 Å². The molecule has 0 unspecified atom stereocenters. The topological polar surface area (TPSA) is 100 Å². The van der Waals surface area contributed by atoms with Crippen molar-refractivity contribution < 1.29 is 23.9 Å². The Balaban J connectivity index is 1.59. The molecule has 1 heterocycles. The Morgan fingerprint density at radius 3 is 2.71 bits per heavy atom. The second-order valence-corrected chi connectivity index (χ2v) is 8.64. The number of cyclic esters (lactones) is 1. The molecule has 4 rings (SSSR count). The van der Waals surface area contributed by atoms with Gasteiger partial charge in [-0.15, -0.1) is 0 Å². The van der Waals surface area contributed by atoms with Crippen LogP contribution in [0, 0.1) is 13.7 Å². The van der Waals surface area contributed by atoms with Crippen LogP contribution in [0.5, 0.6) is 11.5 Å². The van der Waals surface area contributed by atoms with Crippen molar-refractivity contribution in [2.75, 3.05) is 7.11 Å². The van der Waals surface area contributed by atoms with E-state index >= 15 is 0 Å². The van der Waals surface area contributed by atoms with Crippen LogP contribution in [-0.2, 0) is 16.1 Å². The highest BCUT2D eigenvalue weighted by molar-refractivity contribution is 14.1. The molecule has 8 nitrogen and oxygen atoms in total. The molecule has 0 atom stereocenters. The number of carbonyl (C=O) groups excluding carboxylic acids is 1. The van der Waals surface area contributed by atoms with E-state index in [2.05, 4.69) is 27.6 Å². The molecule has 10 heteroatoms. The molecule has 0 bridgehead atoms. The highest BCUT2D eigenvalue weighted by Crippen LogP contribution is 2.36. The molecule has 0 radical (unpaired) electrons. The monoisotopic (exact) mass is 590 g/mol. The lowest BCUT2D eigenvalue weighted by Crippen LogP contribution is -2.05. The van der Waals surface area contributed by atoms with E-state index in [0.29, 0.717) is 33.2 Å². The summed E-state index contributed by atoms with van der Waals surface area (Å²) >= 11 is 8.27. The molecular weight excluding hydrogens is 575 g/mol. The highest BCUT2D eigenvalue weighted by atomic mass is 127. The normalized spacial score (nSPS) is 14.0. The largest absolute Gasteiger partial charge is 0.493 e. The van der Waals surface area contributed by atoms with Gasteiger partial charge in [-0.3, -0.25) is 10.1 Å². The van der Waals surface area contributed by atoms with Gasteiger partial charge in [0.15, 0.2) is 17.2 Å². The summed E-state index contributed by atoms with van der Waals surface area (Å²) in [6, 6.07) is 16.7. The number of nitrogens with zero attached hydrogens (tertiary/aromatic N) is 2. The van der Waals surface area contributed by atoms with Crippen LogP contribution in [0.1, 0.15) is 16.7 Å². The average molecular weight is 591 g/mol. The third-order valence-electron chi connectivity index (χ3n) is 4.78. The van der Waals surface area contributed by atoms with Crippen LogP contribution in [0.25, 0.3) is 6.08 Å². The van der Waals surface area contributed by atoms with E-state index in [4.69, 9.17) is 25.8 Å². The number of carbonyl (C=O) groups is 1. The highest BCUT2D eigenvalue weighted by Gasteiger charge is 2.25. The summed E-state index contributed by atoms with van der Waals surface area (Å²) in [5.41, 5.74) is 1.94. The maximum Gasteiger partial charge on any atom is 0.363 e. The van der Waals surface area contributed by atoms with Crippen molar-refractivity contribution in [3.63, 3.8) is 0 Å². The molecule has 0 saturated heterocycles. The SMILES string of the molecule is COc1cc(/C=C2\N=C(c3ccccc3Cl)OC2=O)cc(I)c1OCc1cccc([N+](=O)[O-])c1. The van der Waals surface area contributed by atoms with Gasteiger partial charge in [0.2, 0.25) is 5.90 Å². The number of methoxy groups -OCH3 is 1. The second kappa shape index (κ2) is 10.2. The van der Waals surface area contributed by atoms with Crippen LogP contribution < -0.4 is 9.47 Å². The summed E-state index contributed by atoms with van der Waals surface area (Å²) < 4.78 is 17.4. The van der Waals surface area contributed by atoms with Crippen molar-refractivity contribution in [2.24, 2.45) is 4.99 Å². The van der Waals surface area contributed by atoms with Crippen molar-refractivity contribution in [1.29, 1.82) is 0 Å². The van der Waals surface area contributed by atoms with Gasteiger partial charge in [0.05, 0.1) is 26.2 Å². The molecule has 0 saturated carbocycles. The molecular formula is C24H16ClIN2O6. The van der Waals surface area contributed by atoms with Crippen molar-refractivity contribution in [2.45, 2.75) is 6.61 Å². The third kappa shape index (κ3) is 5.20. The maximum absolute atomic E-state index is 12.4. The third-order valence-corrected chi connectivity index (χ3v) is 5.92. The van der Waals surface area contributed by atoms with Gasteiger partial charge in [-0.2, -0.15) is 0 Å². The molecule has 3 aromatic carbocycles. The fraction of sp³-hybridized carbons (Fsp3) is 0.0833. The number of nitro groups is 1. The molecule has 0 aliphatic carbocycles. The van der Waals surface area contributed by atoms with Gasteiger partial charge in [0, 0.05) is 12.1 Å². The summed E-state index contributed by atoms with van der Waals surface area (Å²) in [6.45, 7) is 0.117. The smallest absolute Gasteiger partial charge is 0.363 e. The zero-order chi connectivity index (χ0) is 24.2. The lowest BCUT2D eigenvalue weighted by atomic mass is 10.1. The van der Waals surface area contributed by atoms with Crippen LogP contribution in [0.15, 0.2) is 71.4 Å². The first-order valence-corrected chi connectivity index (χ1v) is 11.3. The standard InChI is InChI=1S/C24H16ClIN2O6/c1-32-21-12-15(11-20-24(29)34-23(27-20)17-7-2-3-8-18(17)25)10-19(26)22(21)33-13-14-5-4-6-16(9-14)28(30)31/h2-12H,13H2,1H3/b20-11-. The summed E-state index contributed by atoms with van der Waals surface area (Å²) in [6.07, 6.45) is 1.58. The summed E-state index contributed by atoms with van der Waals surface area (Å²) in [7, 11) is 1.50. The molecule has 172 valence electrons. The Kier molecular flexibility index (Phi) is 7.13. The van der Waals surface area contributed by atoms with Gasteiger partial charge in [-0.1, -0.05) is 35.9 Å². The minimum atomic E-state index is -0.588. The Bertz CT molecular complexity index is 1360. The fourth-order valence-corrected chi connectivity index (χ4v) is 4.19. The van der Waals surface area contributed by atoms with Crippen LogP contribution in [0.4, 0.5) is 5.69 Å². The van der Waals surface area contributed by atoms with Crippen molar-refractivity contribution in [3.05, 3.63) is 102 Å². The number of rotatable bonds is 7. The van der Waals surface area contributed by atoms with Crippen molar-refractivity contribution in [3.8, 4) is 11.5 Å². The summed E-state index contributed by atoms with van der Waals surface area (Å²) in [5, 5.41) is 11.4. The number of aliphatic imine (C=N–C) groups is 1. The van der Waals surface area contributed by atoms with Gasteiger partial charge in [0.25, 0.3) is 5.69 Å². The van der Waals surface area contributed by atoms with E-state index in [9.17, 15) is 14.9 Å². The first-order chi connectivity index (χ1) is 16.4. The molecule has 0 amide bonds. The van der Waals surface area contributed by atoms with E-state index in [1.165, 1.54) is 19.2 Å². The first kappa shape index (κ1) is 23.7. The van der Waals surface area contributed by atoms with Crippen LogP contribution in [0.3, 0.4) is 0 Å². The molecule has 0 aromatic heterocycles. The van der Waals surface area contributed by atoms with Gasteiger partial charge >= 0.3 is 5.97 Å². The predicted molar refractivity (Wildman–Crippen MR) is 135 cm³/mol. The number of esters is 1. The van der Waals surface area contributed by atoms with E-state index in [0.717, 1.165) is 3.57 Å². The maximum atomic E-state index is 12.4. The lowest BCUT2D eigenvalue weighted by molar-refractivity contribution is -0.384. The Hall–Kier alpha value is -3.44. The summed E-state index contributed by atoms with van der Waals surface area (Å²) in [5.74, 6) is 0.465. The molecule has 0 fully saturated rings. The molecule has 34 heavy (non-hydrogen) atoms. The molecule has 1 aliphatic heterocycles. The number of hydrogen-bond acceptors (Lipinski definition) is 7. The zero-order valence-corrected chi connectivity index (χ0v) is 20.6. The van der Waals surface area contributed by atoms with Crippen LogP contribution >= 0.6 is 34.2 Å². The average Bonchev–Trinajstić information content (AvgIpc) is 3.18. The Labute approximate surface area is 213 Å². The van der Waals surface area contributed by atoms with Gasteiger partial charge in [-0.05, 0) is 64.1 Å². The predicted octanol–water partition coefficient (Wildman–Crippen LogP) is 5.78. The number of nitro benzene ring substituents is 1. The minimum absolute atomic E-state index is 0.00935. The first-order valence-electron chi connectivity index (χ1n) is 9.87. The number of benzene rings is 3. The lowest BCUT2D eigenvalue weighted by Gasteiger charge is -2.13. The number of hydrogen-bond donors (Lipinski definition) is 0. The Morgan fingerprint density at radius 1 is 1.18 bits per heavy atom. The van der Waals surface area contributed by atoms with Crippen molar-refractivity contribution in [1.82, 2.24) is 0 Å². The molecule has 1 aliphatic rings. The summed E-state index contributed by atoms with van der Waals surface area (Å²) in [4.78, 5) is 27.2. The quantitative estimate of drug-likeness (QED) is 0.114. The van der Waals surface area contributed by atoms with E-state index in [1.54, 1.807) is 54.6 Å². The molecule has 3 aromatic rings. The molecule has 0 spiro atoms. The fourth-order valence-electron chi connectivity index (χ4n) is 3.20. The minimum Gasteiger partial charge on any atom is -0.493 e. The van der Waals surface area contributed by atoms with E-state index in [-0.39, 0.29) is 23.9 Å². The number of ether oxygens (including phenoxy) is 3. The van der Waals surface area contributed by atoms with Crippen molar-refractivity contribution >= 4 is 57.8 Å². The second-order valence-electron chi connectivity index (χ2n) is 7.07. The van der Waals surface area contributed by atoms with Gasteiger partial charge in [-0.25, -0.2) is 9.79 Å². The van der Waals surface area contributed by atoms with Crippen LogP contribution in [0.2, 0.25) is 5.02 Å². The number of non-ortho nitro benzene ring substituents is 1.